The second-order valence-corrected chi connectivity index (χ2v) is 7.51. The Morgan fingerprint density at radius 2 is 1.95 bits per heavy atom. The molecule has 114 valence electrons. The largest absolute Gasteiger partial charge is 0.481 e. The third-order valence-corrected chi connectivity index (χ3v) is 5.09. The Kier molecular flexibility index (Phi) is 3.73. The molecule has 0 spiro atoms. The minimum absolute atomic E-state index is 0.0201. The first-order valence-corrected chi connectivity index (χ1v) is 7.43. The number of carboxylic acid groups (broad SMARTS) is 1. The van der Waals surface area contributed by atoms with Gasteiger partial charge in [0.05, 0.1) is 5.41 Å². The Morgan fingerprint density at radius 3 is 2.45 bits per heavy atom. The number of rotatable bonds is 3. The van der Waals surface area contributed by atoms with Gasteiger partial charge in [0.25, 0.3) is 0 Å². The monoisotopic (exact) mass is 282 g/mol. The zero-order valence-corrected chi connectivity index (χ0v) is 12.9. The van der Waals surface area contributed by atoms with Crippen molar-refractivity contribution in [3.05, 3.63) is 0 Å². The van der Waals surface area contributed by atoms with Gasteiger partial charge in [-0.05, 0) is 44.4 Å². The number of nitrogens with zero attached hydrogens (tertiary/aromatic N) is 1. The summed E-state index contributed by atoms with van der Waals surface area (Å²) >= 11 is 0. The van der Waals surface area contributed by atoms with E-state index >= 15 is 0 Å². The second kappa shape index (κ2) is 4.93. The van der Waals surface area contributed by atoms with Gasteiger partial charge < -0.3 is 15.3 Å². The highest BCUT2D eigenvalue weighted by atomic mass is 16.4. The minimum Gasteiger partial charge on any atom is -0.481 e. The molecule has 0 bridgehead atoms. The molecule has 0 aromatic heterocycles. The lowest BCUT2D eigenvalue weighted by atomic mass is 9.74. The summed E-state index contributed by atoms with van der Waals surface area (Å²) in [6.45, 7) is 9.06. The van der Waals surface area contributed by atoms with E-state index in [1.165, 1.54) is 0 Å². The van der Waals surface area contributed by atoms with Crippen molar-refractivity contribution in [3.63, 3.8) is 0 Å². The molecule has 1 heterocycles. The summed E-state index contributed by atoms with van der Waals surface area (Å²) in [7, 11) is 0. The van der Waals surface area contributed by atoms with Gasteiger partial charge >= 0.3 is 12.0 Å². The van der Waals surface area contributed by atoms with Gasteiger partial charge in [0.2, 0.25) is 0 Å². The van der Waals surface area contributed by atoms with Gasteiger partial charge in [-0.15, -0.1) is 0 Å². The first kappa shape index (κ1) is 15.1. The number of piperidine rings is 1. The number of amides is 2. The van der Waals surface area contributed by atoms with Crippen molar-refractivity contribution in [1.29, 1.82) is 0 Å². The third-order valence-electron chi connectivity index (χ3n) is 5.09. The average molecular weight is 282 g/mol. The molecule has 0 radical (unpaired) electrons. The fourth-order valence-corrected chi connectivity index (χ4v) is 2.88. The molecule has 0 aromatic rings. The summed E-state index contributed by atoms with van der Waals surface area (Å²) < 4.78 is 0. The fraction of sp³-hybridized carbons (Fsp3) is 0.867. The van der Waals surface area contributed by atoms with Gasteiger partial charge in [0.15, 0.2) is 0 Å². The van der Waals surface area contributed by atoms with E-state index < -0.39 is 11.4 Å². The molecule has 1 aliphatic heterocycles. The third kappa shape index (κ3) is 2.91. The predicted molar refractivity (Wildman–Crippen MR) is 76.4 cm³/mol. The lowest BCUT2D eigenvalue weighted by molar-refractivity contribution is -0.151. The summed E-state index contributed by atoms with van der Waals surface area (Å²) in [5.41, 5.74) is -0.566. The number of likely N-dealkylation sites (tertiary alicyclic amines) is 1. The summed E-state index contributed by atoms with van der Waals surface area (Å²) in [5.74, 6) is -0.764. The summed E-state index contributed by atoms with van der Waals surface area (Å²) in [4.78, 5) is 25.4. The van der Waals surface area contributed by atoms with Crippen LogP contribution < -0.4 is 5.32 Å². The number of nitrogens with one attached hydrogen (secondary N) is 1. The lowest BCUT2D eigenvalue weighted by Crippen LogP contribution is -2.50. The quantitative estimate of drug-likeness (QED) is 0.834. The molecule has 2 atom stereocenters. The highest BCUT2D eigenvalue weighted by molar-refractivity contribution is 5.76. The van der Waals surface area contributed by atoms with E-state index in [9.17, 15) is 14.7 Å². The minimum atomic E-state index is -0.784. The Morgan fingerprint density at radius 1 is 1.35 bits per heavy atom. The van der Waals surface area contributed by atoms with Gasteiger partial charge in [0.1, 0.15) is 0 Å². The van der Waals surface area contributed by atoms with Crippen LogP contribution in [0.5, 0.6) is 0 Å². The number of carbonyl (C=O) groups is 2. The zero-order valence-electron chi connectivity index (χ0n) is 12.9. The molecule has 2 rings (SSSR count). The van der Waals surface area contributed by atoms with Crippen LogP contribution in [-0.2, 0) is 4.79 Å². The molecule has 5 nitrogen and oxygen atoms in total. The van der Waals surface area contributed by atoms with Gasteiger partial charge in [-0.1, -0.05) is 13.8 Å². The van der Waals surface area contributed by atoms with Crippen LogP contribution in [0.25, 0.3) is 0 Å². The van der Waals surface area contributed by atoms with E-state index in [4.69, 9.17) is 0 Å². The Labute approximate surface area is 120 Å². The molecule has 1 saturated carbocycles. The maximum absolute atomic E-state index is 12.2. The molecule has 5 heteroatoms. The topological polar surface area (TPSA) is 69.6 Å². The van der Waals surface area contributed by atoms with Crippen molar-refractivity contribution in [3.8, 4) is 0 Å². The molecule has 2 aliphatic rings. The number of urea groups is 1. The molecular formula is C15H26N2O3. The maximum atomic E-state index is 12.2. The van der Waals surface area contributed by atoms with Gasteiger partial charge in [0, 0.05) is 19.1 Å². The van der Waals surface area contributed by atoms with Crippen LogP contribution >= 0.6 is 0 Å². The van der Waals surface area contributed by atoms with Crippen molar-refractivity contribution >= 4 is 12.0 Å². The van der Waals surface area contributed by atoms with Gasteiger partial charge in [-0.25, -0.2) is 4.79 Å². The van der Waals surface area contributed by atoms with Crippen molar-refractivity contribution in [2.45, 2.75) is 53.0 Å². The summed E-state index contributed by atoms with van der Waals surface area (Å²) in [5, 5.41) is 12.4. The van der Waals surface area contributed by atoms with Gasteiger partial charge in [-0.3, -0.25) is 4.79 Å². The van der Waals surface area contributed by atoms with Crippen molar-refractivity contribution in [1.82, 2.24) is 10.2 Å². The van der Waals surface area contributed by atoms with E-state index in [0.717, 1.165) is 25.8 Å². The number of hydrogen-bond donors (Lipinski definition) is 2. The van der Waals surface area contributed by atoms with E-state index in [1.54, 1.807) is 18.7 Å². The van der Waals surface area contributed by atoms with E-state index in [2.05, 4.69) is 19.2 Å². The first-order chi connectivity index (χ1) is 9.14. The standard InChI is InChI=1S/C15H26N2O3/c1-14(2)8-11(14)16-13(20)17-7-5-6-10(9-17)15(3,4)12(18)19/h10-11H,5-9H2,1-4H3,(H,16,20)(H,18,19). The highest BCUT2D eigenvalue weighted by Crippen LogP contribution is 2.44. The smallest absolute Gasteiger partial charge is 0.317 e. The van der Waals surface area contributed by atoms with Crippen molar-refractivity contribution in [2.24, 2.45) is 16.7 Å². The predicted octanol–water partition coefficient (Wildman–Crippen LogP) is 2.32. The second-order valence-electron chi connectivity index (χ2n) is 7.51. The summed E-state index contributed by atoms with van der Waals surface area (Å²) in [6.07, 6.45) is 2.78. The van der Waals surface area contributed by atoms with Crippen LogP contribution in [0.4, 0.5) is 4.79 Å². The van der Waals surface area contributed by atoms with E-state index in [-0.39, 0.29) is 23.4 Å². The SMILES string of the molecule is CC1(C)CC1NC(=O)N1CCCC(C(C)(C)C(=O)O)C1. The number of hydrogen-bond acceptors (Lipinski definition) is 2. The average Bonchev–Trinajstić information content (AvgIpc) is 2.96. The van der Waals surface area contributed by atoms with Crippen molar-refractivity contribution < 1.29 is 14.7 Å². The summed E-state index contributed by atoms with van der Waals surface area (Å²) in [6, 6.07) is 0.231. The maximum Gasteiger partial charge on any atom is 0.317 e. The van der Waals surface area contributed by atoms with Crippen LogP contribution in [0.1, 0.15) is 47.0 Å². The van der Waals surface area contributed by atoms with E-state index in [1.807, 2.05) is 0 Å². The number of carbonyl (C=O) groups excluding carboxylic acids is 1. The van der Waals surface area contributed by atoms with Crippen LogP contribution in [-0.4, -0.2) is 41.1 Å². The van der Waals surface area contributed by atoms with Crippen molar-refractivity contribution in [2.75, 3.05) is 13.1 Å². The molecule has 1 aliphatic carbocycles. The lowest BCUT2D eigenvalue weighted by Gasteiger charge is -2.39. The van der Waals surface area contributed by atoms with Crippen LogP contribution in [0.3, 0.4) is 0 Å². The normalized spacial score (nSPS) is 28.9. The Bertz CT molecular complexity index is 417. The van der Waals surface area contributed by atoms with Crippen LogP contribution in [0.15, 0.2) is 0 Å². The molecule has 0 aromatic carbocycles. The zero-order chi connectivity index (χ0) is 15.1. The Balaban J connectivity index is 1.93. The van der Waals surface area contributed by atoms with Crippen LogP contribution in [0.2, 0.25) is 0 Å². The molecule has 2 N–H and O–H groups in total. The molecular weight excluding hydrogens is 256 g/mol. The number of aliphatic carboxylic acids is 1. The molecule has 20 heavy (non-hydrogen) atoms. The molecule has 1 saturated heterocycles. The molecule has 2 fully saturated rings. The Hall–Kier alpha value is -1.26. The van der Waals surface area contributed by atoms with E-state index in [0.29, 0.717) is 6.54 Å². The molecule has 2 unspecified atom stereocenters. The first-order valence-electron chi connectivity index (χ1n) is 7.43. The number of carboxylic acids is 1. The van der Waals surface area contributed by atoms with Crippen LogP contribution in [0, 0.1) is 16.7 Å². The highest BCUT2D eigenvalue weighted by Gasteiger charge is 2.47. The molecule has 2 amide bonds. The fourth-order valence-electron chi connectivity index (χ4n) is 2.88. The van der Waals surface area contributed by atoms with Gasteiger partial charge in [-0.2, -0.15) is 0 Å².